The summed E-state index contributed by atoms with van der Waals surface area (Å²) < 4.78 is 19.4. The Hall–Kier alpha value is -1.62. The van der Waals surface area contributed by atoms with Crippen LogP contribution >= 0.6 is 0 Å². The second-order valence-electron chi connectivity index (χ2n) is 6.71. The van der Waals surface area contributed by atoms with Crippen LogP contribution in [0.1, 0.15) is 50.7 Å². The van der Waals surface area contributed by atoms with E-state index < -0.39 is 5.60 Å². The average molecular weight is 309 g/mol. The summed E-state index contributed by atoms with van der Waals surface area (Å²) in [6.45, 7) is 6.43. The van der Waals surface area contributed by atoms with E-state index in [0.29, 0.717) is 37.1 Å². The van der Waals surface area contributed by atoms with Gasteiger partial charge in [0.2, 0.25) is 0 Å². The predicted octanol–water partition coefficient (Wildman–Crippen LogP) is 3.43. The Morgan fingerprint density at radius 3 is 2.55 bits per heavy atom. The molecule has 0 atom stereocenters. The molecule has 1 fully saturated rings. The van der Waals surface area contributed by atoms with Crippen molar-refractivity contribution in [3.63, 3.8) is 0 Å². The Bertz CT molecular complexity index is 531. The summed E-state index contributed by atoms with van der Waals surface area (Å²) in [5, 5.41) is 9.39. The van der Waals surface area contributed by atoms with E-state index >= 15 is 0 Å². The van der Waals surface area contributed by atoms with E-state index in [2.05, 4.69) is 0 Å². The first kappa shape index (κ1) is 16.7. The van der Waals surface area contributed by atoms with Crippen LogP contribution < -0.4 is 0 Å². The fourth-order valence-electron chi connectivity index (χ4n) is 2.85. The number of amides is 1. The molecule has 1 N–H and O–H groups in total. The van der Waals surface area contributed by atoms with Gasteiger partial charge in [0, 0.05) is 13.1 Å². The molecule has 0 spiro atoms. The lowest BCUT2D eigenvalue weighted by molar-refractivity contribution is 0.0204. The van der Waals surface area contributed by atoms with Crippen molar-refractivity contribution in [1.29, 1.82) is 0 Å². The number of rotatable bonds is 2. The lowest BCUT2D eigenvalue weighted by Crippen LogP contribution is -2.41. The zero-order valence-electron chi connectivity index (χ0n) is 13.4. The second kappa shape index (κ2) is 6.65. The van der Waals surface area contributed by atoms with Crippen molar-refractivity contribution in [1.82, 2.24) is 4.90 Å². The van der Waals surface area contributed by atoms with E-state index in [0.717, 1.165) is 0 Å². The number of likely N-dealkylation sites (tertiary alicyclic amines) is 1. The number of aliphatic hydroxyl groups is 1. The zero-order chi connectivity index (χ0) is 16.3. The highest BCUT2D eigenvalue weighted by molar-refractivity contribution is 5.68. The van der Waals surface area contributed by atoms with Crippen molar-refractivity contribution >= 4 is 6.09 Å². The molecule has 0 bridgehead atoms. The standard InChI is InChI=1S/C17H24FNO3/c1-17(2,3)22-16(21)19-9-7-12(8-10-19)15-13(11-20)5-4-6-14(15)18/h4-6,12,20H,7-11H2,1-3H3. The number of piperidine rings is 1. The van der Waals surface area contributed by atoms with E-state index in [1.165, 1.54) is 6.07 Å². The van der Waals surface area contributed by atoms with Crippen LogP contribution in [0.2, 0.25) is 0 Å². The molecule has 0 aliphatic carbocycles. The molecule has 1 heterocycles. The van der Waals surface area contributed by atoms with Gasteiger partial charge in [-0.25, -0.2) is 9.18 Å². The number of aliphatic hydroxyl groups excluding tert-OH is 1. The molecule has 4 nitrogen and oxygen atoms in total. The highest BCUT2D eigenvalue weighted by Crippen LogP contribution is 2.32. The van der Waals surface area contributed by atoms with Crippen LogP contribution in [0.5, 0.6) is 0 Å². The zero-order valence-corrected chi connectivity index (χ0v) is 13.4. The molecule has 122 valence electrons. The van der Waals surface area contributed by atoms with Crippen molar-refractivity contribution in [2.24, 2.45) is 0 Å². The minimum atomic E-state index is -0.510. The Morgan fingerprint density at radius 2 is 2.00 bits per heavy atom. The van der Waals surface area contributed by atoms with E-state index in [-0.39, 0.29) is 24.4 Å². The maximum absolute atomic E-state index is 14.1. The number of hydrogen-bond donors (Lipinski definition) is 1. The molecule has 0 radical (unpaired) electrons. The summed E-state index contributed by atoms with van der Waals surface area (Å²) in [4.78, 5) is 13.7. The molecule has 1 aliphatic heterocycles. The number of nitrogens with zero attached hydrogens (tertiary/aromatic N) is 1. The van der Waals surface area contributed by atoms with Gasteiger partial charge in [-0.2, -0.15) is 0 Å². The molecule has 1 amide bonds. The van der Waals surface area contributed by atoms with Crippen LogP contribution in [0, 0.1) is 5.82 Å². The lowest BCUT2D eigenvalue weighted by atomic mass is 9.86. The normalized spacial score (nSPS) is 16.7. The molecule has 22 heavy (non-hydrogen) atoms. The molecule has 1 saturated heterocycles. The van der Waals surface area contributed by atoms with Gasteiger partial charge in [-0.05, 0) is 56.7 Å². The van der Waals surface area contributed by atoms with Gasteiger partial charge in [0.05, 0.1) is 6.61 Å². The predicted molar refractivity (Wildman–Crippen MR) is 82.1 cm³/mol. The molecular formula is C17H24FNO3. The van der Waals surface area contributed by atoms with Crippen LogP contribution in [0.3, 0.4) is 0 Å². The monoisotopic (exact) mass is 309 g/mol. The summed E-state index contributed by atoms with van der Waals surface area (Å²) >= 11 is 0. The smallest absolute Gasteiger partial charge is 0.410 e. The fourth-order valence-corrected chi connectivity index (χ4v) is 2.85. The molecule has 1 aliphatic rings. The first-order valence-electron chi connectivity index (χ1n) is 7.68. The Kier molecular flexibility index (Phi) is 5.06. The van der Waals surface area contributed by atoms with Crippen molar-refractivity contribution < 1.29 is 19.0 Å². The van der Waals surface area contributed by atoms with Gasteiger partial charge in [0.15, 0.2) is 0 Å². The quantitative estimate of drug-likeness (QED) is 0.910. The van der Waals surface area contributed by atoms with Crippen LogP contribution in [0.25, 0.3) is 0 Å². The van der Waals surface area contributed by atoms with Crippen molar-refractivity contribution in [2.75, 3.05) is 13.1 Å². The molecular weight excluding hydrogens is 285 g/mol. The molecule has 1 aromatic rings. The molecule has 0 unspecified atom stereocenters. The van der Waals surface area contributed by atoms with E-state index in [1.54, 1.807) is 17.0 Å². The maximum atomic E-state index is 14.1. The second-order valence-corrected chi connectivity index (χ2v) is 6.71. The Labute approximate surface area is 130 Å². The highest BCUT2D eigenvalue weighted by atomic mass is 19.1. The van der Waals surface area contributed by atoms with Gasteiger partial charge in [-0.15, -0.1) is 0 Å². The number of benzene rings is 1. The number of carbonyl (C=O) groups is 1. The molecule has 2 rings (SSSR count). The largest absolute Gasteiger partial charge is 0.444 e. The van der Waals surface area contributed by atoms with Gasteiger partial charge in [0.25, 0.3) is 0 Å². The minimum Gasteiger partial charge on any atom is -0.444 e. The molecule has 5 heteroatoms. The summed E-state index contributed by atoms with van der Waals surface area (Å²) in [7, 11) is 0. The molecule has 0 saturated carbocycles. The fraction of sp³-hybridized carbons (Fsp3) is 0.588. The van der Waals surface area contributed by atoms with Crippen LogP contribution in [0.4, 0.5) is 9.18 Å². The number of carbonyl (C=O) groups excluding carboxylic acids is 1. The first-order valence-corrected chi connectivity index (χ1v) is 7.68. The average Bonchev–Trinajstić information content (AvgIpc) is 2.45. The van der Waals surface area contributed by atoms with Crippen LogP contribution in [-0.4, -0.2) is 34.8 Å². The van der Waals surface area contributed by atoms with Gasteiger partial charge >= 0.3 is 6.09 Å². The first-order chi connectivity index (χ1) is 10.3. The summed E-state index contributed by atoms with van der Waals surface area (Å²) in [6, 6.07) is 4.79. The summed E-state index contributed by atoms with van der Waals surface area (Å²) in [5.74, 6) is -0.246. The van der Waals surface area contributed by atoms with Crippen molar-refractivity contribution in [2.45, 2.75) is 51.7 Å². The van der Waals surface area contributed by atoms with Crippen LogP contribution in [-0.2, 0) is 11.3 Å². The van der Waals surface area contributed by atoms with Crippen molar-refractivity contribution in [3.8, 4) is 0 Å². The van der Waals surface area contributed by atoms with Gasteiger partial charge < -0.3 is 14.7 Å². The number of hydrogen-bond acceptors (Lipinski definition) is 3. The van der Waals surface area contributed by atoms with Gasteiger partial charge in [0.1, 0.15) is 11.4 Å². The summed E-state index contributed by atoms with van der Waals surface area (Å²) in [5.41, 5.74) is 0.716. The molecule has 1 aromatic carbocycles. The third kappa shape index (κ3) is 3.97. The minimum absolute atomic E-state index is 0.0297. The van der Waals surface area contributed by atoms with E-state index in [9.17, 15) is 14.3 Å². The number of halogens is 1. The SMILES string of the molecule is CC(C)(C)OC(=O)N1CCC(c2c(F)cccc2CO)CC1. The van der Waals surface area contributed by atoms with Gasteiger partial charge in [-0.3, -0.25) is 0 Å². The van der Waals surface area contributed by atoms with E-state index in [1.807, 2.05) is 20.8 Å². The Morgan fingerprint density at radius 1 is 1.36 bits per heavy atom. The third-order valence-corrected chi connectivity index (χ3v) is 3.87. The summed E-state index contributed by atoms with van der Waals surface area (Å²) in [6.07, 6.45) is 1.03. The lowest BCUT2D eigenvalue weighted by Gasteiger charge is -2.34. The topological polar surface area (TPSA) is 49.8 Å². The van der Waals surface area contributed by atoms with Gasteiger partial charge in [-0.1, -0.05) is 12.1 Å². The van der Waals surface area contributed by atoms with E-state index in [4.69, 9.17) is 4.74 Å². The van der Waals surface area contributed by atoms with Crippen LogP contribution in [0.15, 0.2) is 18.2 Å². The van der Waals surface area contributed by atoms with Crippen molar-refractivity contribution in [3.05, 3.63) is 35.1 Å². The Balaban J connectivity index is 2.02. The third-order valence-electron chi connectivity index (χ3n) is 3.87. The molecule has 0 aromatic heterocycles. The maximum Gasteiger partial charge on any atom is 0.410 e. The number of ether oxygens (including phenoxy) is 1. The highest BCUT2D eigenvalue weighted by Gasteiger charge is 2.29.